The molecule has 0 fully saturated rings. The summed E-state index contributed by atoms with van der Waals surface area (Å²) >= 11 is 0. The summed E-state index contributed by atoms with van der Waals surface area (Å²) in [6.07, 6.45) is 0. The minimum Gasteiger partial charge on any atom is -0.469 e. The van der Waals surface area contributed by atoms with Crippen LogP contribution in [0.25, 0.3) is 0 Å². The van der Waals surface area contributed by atoms with E-state index in [-0.39, 0.29) is 25.0 Å². The Hall–Kier alpha value is -0.650. The molecule has 5 heteroatoms. The second-order valence-corrected chi connectivity index (χ2v) is 3.71. The lowest BCUT2D eigenvalue weighted by molar-refractivity contribution is -0.144. The quantitative estimate of drug-likeness (QED) is 0.491. The van der Waals surface area contributed by atoms with Crippen LogP contribution in [0.2, 0.25) is 0 Å². The first kappa shape index (κ1) is 13.4. The Kier molecular flexibility index (Phi) is 5.68. The molecule has 0 spiro atoms. The van der Waals surface area contributed by atoms with Gasteiger partial charge in [-0.05, 0) is 6.92 Å². The highest BCUT2D eigenvalue weighted by Crippen LogP contribution is 2.00. The van der Waals surface area contributed by atoms with Crippen molar-refractivity contribution in [1.82, 2.24) is 5.32 Å². The Morgan fingerprint density at radius 1 is 1.64 bits per heavy atom. The summed E-state index contributed by atoms with van der Waals surface area (Å²) in [6.45, 7) is 3.59. The van der Waals surface area contributed by atoms with Gasteiger partial charge in [-0.1, -0.05) is 6.92 Å². The summed E-state index contributed by atoms with van der Waals surface area (Å²) in [7, 11) is 1.34. The van der Waals surface area contributed by atoms with Crippen LogP contribution in [0.15, 0.2) is 0 Å². The Morgan fingerprint density at radius 2 is 2.21 bits per heavy atom. The van der Waals surface area contributed by atoms with Gasteiger partial charge in [0.25, 0.3) is 0 Å². The topological polar surface area (TPSA) is 78.8 Å². The van der Waals surface area contributed by atoms with Gasteiger partial charge >= 0.3 is 5.97 Å². The molecule has 0 rings (SSSR count). The lowest BCUT2D eigenvalue weighted by atomic mass is 10.1. The van der Waals surface area contributed by atoms with Crippen molar-refractivity contribution in [1.29, 1.82) is 0 Å². The number of aliphatic hydroxyl groups excluding tert-OH is 1. The number of hydrogen-bond acceptors (Lipinski definition) is 5. The van der Waals surface area contributed by atoms with Crippen molar-refractivity contribution in [3.8, 4) is 0 Å². The largest absolute Gasteiger partial charge is 0.469 e. The van der Waals surface area contributed by atoms with Gasteiger partial charge < -0.3 is 20.3 Å². The minimum atomic E-state index is -1.14. The molecule has 0 radical (unpaired) electrons. The van der Waals surface area contributed by atoms with Crippen LogP contribution in [0, 0.1) is 5.92 Å². The third-order valence-electron chi connectivity index (χ3n) is 1.90. The summed E-state index contributed by atoms with van der Waals surface area (Å²) in [5.41, 5.74) is -1.14. The summed E-state index contributed by atoms with van der Waals surface area (Å²) in [5, 5.41) is 21.0. The van der Waals surface area contributed by atoms with Crippen LogP contribution in [0.4, 0.5) is 0 Å². The number of aliphatic hydroxyl groups is 2. The third-order valence-corrected chi connectivity index (χ3v) is 1.90. The van der Waals surface area contributed by atoms with E-state index < -0.39 is 5.60 Å². The highest BCUT2D eigenvalue weighted by molar-refractivity contribution is 5.71. The average molecular weight is 205 g/mol. The van der Waals surface area contributed by atoms with Gasteiger partial charge in [-0.3, -0.25) is 4.79 Å². The van der Waals surface area contributed by atoms with Gasteiger partial charge in [0.15, 0.2) is 0 Å². The molecule has 0 saturated carbocycles. The lowest BCUT2D eigenvalue weighted by Crippen LogP contribution is -2.43. The van der Waals surface area contributed by atoms with Gasteiger partial charge in [-0.25, -0.2) is 0 Å². The average Bonchev–Trinajstić information content (AvgIpc) is 2.16. The van der Waals surface area contributed by atoms with Crippen molar-refractivity contribution < 1.29 is 19.7 Å². The van der Waals surface area contributed by atoms with Gasteiger partial charge in [-0.15, -0.1) is 0 Å². The first-order chi connectivity index (χ1) is 6.43. The first-order valence-electron chi connectivity index (χ1n) is 4.54. The van der Waals surface area contributed by atoms with Crippen molar-refractivity contribution in [3.63, 3.8) is 0 Å². The molecule has 0 bridgehead atoms. The summed E-state index contributed by atoms with van der Waals surface area (Å²) in [5.74, 6) is -0.546. The molecule has 0 aliphatic heterocycles. The lowest BCUT2D eigenvalue weighted by Gasteiger charge is -2.21. The number of rotatable bonds is 6. The van der Waals surface area contributed by atoms with Crippen LogP contribution in [0.1, 0.15) is 13.8 Å². The molecular weight excluding hydrogens is 186 g/mol. The second kappa shape index (κ2) is 5.95. The molecule has 5 nitrogen and oxygen atoms in total. The molecule has 3 N–H and O–H groups in total. The van der Waals surface area contributed by atoms with Crippen LogP contribution >= 0.6 is 0 Å². The SMILES string of the molecule is COC(=O)C(C)CNCC(C)(O)CO. The molecule has 0 aliphatic carbocycles. The fourth-order valence-electron chi connectivity index (χ4n) is 0.898. The number of ether oxygens (including phenoxy) is 1. The van der Waals surface area contributed by atoms with E-state index in [0.29, 0.717) is 6.54 Å². The van der Waals surface area contributed by atoms with E-state index >= 15 is 0 Å². The number of methoxy groups -OCH3 is 1. The molecule has 0 aromatic heterocycles. The summed E-state index contributed by atoms with van der Waals surface area (Å²) < 4.78 is 4.53. The van der Waals surface area contributed by atoms with E-state index in [9.17, 15) is 9.90 Å². The van der Waals surface area contributed by atoms with E-state index in [1.165, 1.54) is 14.0 Å². The number of carbonyl (C=O) groups is 1. The van der Waals surface area contributed by atoms with E-state index in [0.717, 1.165) is 0 Å². The molecule has 84 valence electrons. The Balaban J connectivity index is 3.69. The molecule has 0 amide bonds. The van der Waals surface area contributed by atoms with Crippen molar-refractivity contribution in [3.05, 3.63) is 0 Å². The fourth-order valence-corrected chi connectivity index (χ4v) is 0.898. The van der Waals surface area contributed by atoms with Gasteiger partial charge in [-0.2, -0.15) is 0 Å². The fraction of sp³-hybridized carbons (Fsp3) is 0.889. The molecule has 0 heterocycles. The Labute approximate surface area is 84.1 Å². The van der Waals surface area contributed by atoms with E-state index in [2.05, 4.69) is 10.1 Å². The summed E-state index contributed by atoms with van der Waals surface area (Å²) in [6, 6.07) is 0. The molecule has 2 unspecified atom stereocenters. The molecule has 2 atom stereocenters. The second-order valence-electron chi connectivity index (χ2n) is 3.71. The van der Waals surface area contributed by atoms with E-state index in [4.69, 9.17) is 5.11 Å². The normalized spacial score (nSPS) is 17.2. The van der Waals surface area contributed by atoms with Crippen molar-refractivity contribution in [2.75, 3.05) is 26.8 Å². The molecular formula is C9H19NO4. The standard InChI is InChI=1S/C9H19NO4/c1-7(8(12)14-3)4-10-5-9(2,13)6-11/h7,10-11,13H,4-6H2,1-3H3. The zero-order valence-corrected chi connectivity index (χ0v) is 8.91. The van der Waals surface area contributed by atoms with Crippen molar-refractivity contribution >= 4 is 5.97 Å². The maximum Gasteiger partial charge on any atom is 0.309 e. The number of hydrogen-bond donors (Lipinski definition) is 3. The van der Waals surface area contributed by atoms with Gasteiger partial charge in [0.1, 0.15) is 0 Å². The van der Waals surface area contributed by atoms with E-state index in [1.807, 2.05) is 0 Å². The van der Waals surface area contributed by atoms with Crippen LogP contribution < -0.4 is 5.32 Å². The highest BCUT2D eigenvalue weighted by Gasteiger charge is 2.19. The van der Waals surface area contributed by atoms with Gasteiger partial charge in [0.2, 0.25) is 0 Å². The first-order valence-corrected chi connectivity index (χ1v) is 4.54. The Bertz CT molecular complexity index is 182. The highest BCUT2D eigenvalue weighted by atomic mass is 16.5. The minimum absolute atomic E-state index is 0.241. The smallest absolute Gasteiger partial charge is 0.309 e. The van der Waals surface area contributed by atoms with E-state index in [1.54, 1.807) is 6.92 Å². The van der Waals surface area contributed by atoms with Gasteiger partial charge in [0, 0.05) is 13.1 Å². The monoisotopic (exact) mass is 205 g/mol. The number of carbonyl (C=O) groups excluding carboxylic acids is 1. The van der Waals surface area contributed by atoms with Crippen LogP contribution in [0.3, 0.4) is 0 Å². The van der Waals surface area contributed by atoms with Crippen LogP contribution in [-0.4, -0.2) is 48.6 Å². The Morgan fingerprint density at radius 3 is 2.64 bits per heavy atom. The third kappa shape index (κ3) is 5.16. The zero-order chi connectivity index (χ0) is 11.2. The predicted molar refractivity (Wildman–Crippen MR) is 51.8 cm³/mol. The van der Waals surface area contributed by atoms with Gasteiger partial charge in [0.05, 0.1) is 25.2 Å². The number of esters is 1. The maximum atomic E-state index is 11.0. The summed E-state index contributed by atoms with van der Waals surface area (Å²) in [4.78, 5) is 11.0. The molecule has 0 saturated heterocycles. The molecule has 0 aromatic carbocycles. The molecule has 0 aromatic rings. The van der Waals surface area contributed by atoms with Crippen LogP contribution in [-0.2, 0) is 9.53 Å². The molecule has 0 aliphatic rings. The molecule has 14 heavy (non-hydrogen) atoms. The zero-order valence-electron chi connectivity index (χ0n) is 8.91. The predicted octanol–water partition coefficient (Wildman–Crippen LogP) is -0.872. The van der Waals surface area contributed by atoms with Crippen LogP contribution in [0.5, 0.6) is 0 Å². The number of nitrogens with one attached hydrogen (secondary N) is 1. The maximum absolute atomic E-state index is 11.0. The van der Waals surface area contributed by atoms with Crippen molar-refractivity contribution in [2.45, 2.75) is 19.4 Å². The van der Waals surface area contributed by atoms with Crippen molar-refractivity contribution in [2.24, 2.45) is 5.92 Å².